The Morgan fingerprint density at radius 3 is 2.94 bits per heavy atom. The van der Waals surface area contributed by atoms with E-state index >= 15 is 0 Å². The van der Waals surface area contributed by atoms with Gasteiger partial charge in [0.1, 0.15) is 0 Å². The third-order valence-electron chi connectivity index (χ3n) is 3.88. The summed E-state index contributed by atoms with van der Waals surface area (Å²) in [6.07, 6.45) is 2.21. The lowest BCUT2D eigenvalue weighted by molar-refractivity contribution is -0.132. The van der Waals surface area contributed by atoms with E-state index in [1.54, 1.807) is 6.92 Å². The van der Waals surface area contributed by atoms with Crippen molar-refractivity contribution in [2.75, 3.05) is 6.54 Å². The quantitative estimate of drug-likeness (QED) is 0.683. The van der Waals surface area contributed by atoms with Crippen LogP contribution in [-0.4, -0.2) is 23.1 Å². The second-order valence-electron chi connectivity index (χ2n) is 4.82. The molecule has 1 amide bonds. The molecule has 1 atom stereocenters. The van der Waals surface area contributed by atoms with Gasteiger partial charge in [0.25, 0.3) is 0 Å². The molecular weight excluding hydrogens is 214 g/mol. The van der Waals surface area contributed by atoms with Gasteiger partial charge in [0.2, 0.25) is 5.91 Å². The smallest absolute Gasteiger partial charge is 0.219 e. The SMILES string of the molecule is CC(=O)N1CCc2cccc3c2[C@H]1CCC3=O. The van der Waals surface area contributed by atoms with Crippen LogP contribution >= 0.6 is 0 Å². The van der Waals surface area contributed by atoms with Gasteiger partial charge < -0.3 is 4.90 Å². The van der Waals surface area contributed by atoms with E-state index in [1.807, 2.05) is 17.0 Å². The first-order valence-electron chi connectivity index (χ1n) is 6.10. The molecule has 88 valence electrons. The Labute approximate surface area is 100 Å². The van der Waals surface area contributed by atoms with Crippen LogP contribution in [0.5, 0.6) is 0 Å². The highest BCUT2D eigenvalue weighted by Gasteiger charge is 2.35. The van der Waals surface area contributed by atoms with Crippen LogP contribution in [0, 0.1) is 0 Å². The van der Waals surface area contributed by atoms with Gasteiger partial charge in [-0.3, -0.25) is 9.59 Å². The maximum Gasteiger partial charge on any atom is 0.219 e. The first-order valence-corrected chi connectivity index (χ1v) is 6.10. The van der Waals surface area contributed by atoms with Crippen molar-refractivity contribution in [3.63, 3.8) is 0 Å². The monoisotopic (exact) mass is 229 g/mol. The molecule has 0 N–H and O–H groups in total. The zero-order valence-electron chi connectivity index (χ0n) is 9.90. The molecule has 1 aliphatic heterocycles. The fourth-order valence-corrected chi connectivity index (χ4v) is 3.10. The minimum atomic E-state index is 0.116. The Balaban J connectivity index is 2.16. The lowest BCUT2D eigenvalue weighted by Crippen LogP contribution is -2.41. The van der Waals surface area contributed by atoms with Crippen LogP contribution in [0.15, 0.2) is 18.2 Å². The van der Waals surface area contributed by atoms with E-state index in [0.717, 1.165) is 30.5 Å². The van der Waals surface area contributed by atoms with E-state index in [4.69, 9.17) is 0 Å². The van der Waals surface area contributed by atoms with Crippen LogP contribution in [0.4, 0.5) is 0 Å². The predicted molar refractivity (Wildman–Crippen MR) is 63.8 cm³/mol. The van der Waals surface area contributed by atoms with Gasteiger partial charge >= 0.3 is 0 Å². The average molecular weight is 229 g/mol. The van der Waals surface area contributed by atoms with Gasteiger partial charge in [0.05, 0.1) is 6.04 Å². The van der Waals surface area contributed by atoms with Crippen molar-refractivity contribution < 1.29 is 9.59 Å². The molecule has 0 saturated carbocycles. The van der Waals surface area contributed by atoms with Gasteiger partial charge in [-0.05, 0) is 24.0 Å². The minimum absolute atomic E-state index is 0.116. The molecule has 0 saturated heterocycles. The molecule has 0 bridgehead atoms. The molecule has 17 heavy (non-hydrogen) atoms. The van der Waals surface area contributed by atoms with E-state index in [-0.39, 0.29) is 17.7 Å². The van der Waals surface area contributed by atoms with Crippen LogP contribution < -0.4 is 0 Å². The van der Waals surface area contributed by atoms with Gasteiger partial charge in [-0.2, -0.15) is 0 Å². The summed E-state index contributed by atoms with van der Waals surface area (Å²) < 4.78 is 0. The molecule has 0 fully saturated rings. The molecule has 0 radical (unpaired) electrons. The molecule has 0 spiro atoms. The maximum absolute atomic E-state index is 11.9. The number of nitrogens with zero attached hydrogens (tertiary/aromatic N) is 1. The second-order valence-corrected chi connectivity index (χ2v) is 4.82. The number of carbonyl (C=O) groups is 2. The number of rotatable bonds is 0. The van der Waals surface area contributed by atoms with Crippen LogP contribution in [-0.2, 0) is 11.2 Å². The third-order valence-corrected chi connectivity index (χ3v) is 3.88. The molecule has 1 aromatic carbocycles. The molecule has 1 aromatic rings. The molecule has 1 heterocycles. The van der Waals surface area contributed by atoms with Crippen LogP contribution in [0.1, 0.15) is 47.3 Å². The summed E-state index contributed by atoms with van der Waals surface area (Å²) in [7, 11) is 0. The second kappa shape index (κ2) is 3.69. The summed E-state index contributed by atoms with van der Waals surface area (Å²) in [6.45, 7) is 2.40. The van der Waals surface area contributed by atoms with Gasteiger partial charge in [-0.25, -0.2) is 0 Å². The minimum Gasteiger partial charge on any atom is -0.336 e. The predicted octanol–water partition coefficient (Wildman–Crippen LogP) is 2.11. The van der Waals surface area contributed by atoms with Gasteiger partial charge in [-0.15, -0.1) is 0 Å². The lowest BCUT2D eigenvalue weighted by Gasteiger charge is -2.40. The standard InChI is InChI=1S/C14H15NO2/c1-9(16)15-8-7-10-3-2-4-11-13(17)6-5-12(15)14(10)11/h2-4,12H,5-8H2,1H3/t12-/m1/s1. The highest BCUT2D eigenvalue weighted by molar-refractivity contribution is 5.99. The number of hydrogen-bond acceptors (Lipinski definition) is 2. The van der Waals surface area contributed by atoms with E-state index in [2.05, 4.69) is 6.07 Å². The summed E-state index contributed by atoms with van der Waals surface area (Å²) in [6, 6.07) is 6.07. The van der Waals surface area contributed by atoms with Crippen molar-refractivity contribution in [1.29, 1.82) is 0 Å². The van der Waals surface area contributed by atoms with Crippen molar-refractivity contribution in [1.82, 2.24) is 4.90 Å². The molecule has 1 aliphatic carbocycles. The number of benzene rings is 1. The molecule has 3 nitrogen and oxygen atoms in total. The largest absolute Gasteiger partial charge is 0.336 e. The van der Waals surface area contributed by atoms with Crippen molar-refractivity contribution >= 4 is 11.7 Å². The summed E-state index contributed by atoms with van der Waals surface area (Å²) in [5.41, 5.74) is 3.20. The van der Waals surface area contributed by atoms with Crippen LogP contribution in [0.25, 0.3) is 0 Å². The Morgan fingerprint density at radius 1 is 1.35 bits per heavy atom. The number of hydrogen-bond donors (Lipinski definition) is 0. The topological polar surface area (TPSA) is 37.4 Å². The normalized spacial score (nSPS) is 22.3. The maximum atomic E-state index is 11.9. The Morgan fingerprint density at radius 2 is 2.18 bits per heavy atom. The summed E-state index contributed by atoms with van der Waals surface area (Å²) >= 11 is 0. The van der Waals surface area contributed by atoms with E-state index in [9.17, 15) is 9.59 Å². The average Bonchev–Trinajstić information content (AvgIpc) is 2.33. The first-order chi connectivity index (χ1) is 8.18. The molecule has 0 aromatic heterocycles. The zero-order valence-corrected chi connectivity index (χ0v) is 9.90. The van der Waals surface area contributed by atoms with Gasteiger partial charge in [0, 0.05) is 25.5 Å². The van der Waals surface area contributed by atoms with E-state index in [0.29, 0.717) is 6.42 Å². The van der Waals surface area contributed by atoms with Crippen LogP contribution in [0.3, 0.4) is 0 Å². The Bertz CT molecular complexity index is 507. The third kappa shape index (κ3) is 1.49. The fourth-order valence-electron chi connectivity index (χ4n) is 3.10. The van der Waals surface area contributed by atoms with Crippen molar-refractivity contribution in [3.05, 3.63) is 34.9 Å². The Hall–Kier alpha value is -1.64. The van der Waals surface area contributed by atoms with Gasteiger partial charge in [0.15, 0.2) is 5.78 Å². The summed E-state index contributed by atoms with van der Waals surface area (Å²) in [5.74, 6) is 0.341. The van der Waals surface area contributed by atoms with Crippen molar-refractivity contribution in [2.24, 2.45) is 0 Å². The summed E-state index contributed by atoms with van der Waals surface area (Å²) in [5, 5.41) is 0. The molecule has 3 heteroatoms. The first kappa shape index (κ1) is 10.5. The molecule has 2 aliphatic rings. The number of ketones is 1. The highest BCUT2D eigenvalue weighted by Crippen LogP contribution is 2.39. The highest BCUT2D eigenvalue weighted by atomic mass is 16.2. The van der Waals surface area contributed by atoms with Crippen LogP contribution in [0.2, 0.25) is 0 Å². The number of Topliss-reactive ketones (excluding diaryl/α,β-unsaturated/α-hetero) is 1. The Kier molecular flexibility index (Phi) is 2.28. The van der Waals surface area contributed by atoms with Crippen molar-refractivity contribution in [3.8, 4) is 0 Å². The fraction of sp³-hybridized carbons (Fsp3) is 0.429. The van der Waals surface area contributed by atoms with Gasteiger partial charge in [-0.1, -0.05) is 18.2 Å². The number of amides is 1. The number of carbonyl (C=O) groups excluding carboxylic acids is 2. The molecule has 3 rings (SSSR count). The van der Waals surface area contributed by atoms with E-state index < -0.39 is 0 Å². The lowest BCUT2D eigenvalue weighted by atomic mass is 9.80. The molecule has 0 unspecified atom stereocenters. The summed E-state index contributed by atoms with van der Waals surface area (Å²) in [4.78, 5) is 25.4. The zero-order chi connectivity index (χ0) is 12.0. The van der Waals surface area contributed by atoms with Crippen molar-refractivity contribution in [2.45, 2.75) is 32.2 Å². The molecular formula is C14H15NO2. The van der Waals surface area contributed by atoms with E-state index in [1.165, 1.54) is 5.56 Å².